The van der Waals surface area contributed by atoms with E-state index in [0.717, 1.165) is 61.2 Å². The van der Waals surface area contributed by atoms with Gasteiger partial charge in [-0.2, -0.15) is 13.2 Å². The normalized spacial score (nSPS) is 22.5. The number of benzene rings is 2. The van der Waals surface area contributed by atoms with Gasteiger partial charge in [0, 0.05) is 30.1 Å². The summed E-state index contributed by atoms with van der Waals surface area (Å²) in [6, 6.07) is 23.7. The maximum Gasteiger partial charge on any atom is 0.430 e. The Morgan fingerprint density at radius 1 is 0.977 bits per heavy atom. The highest BCUT2D eigenvalue weighted by Gasteiger charge is 2.50. The monoisotopic (exact) mass is 619 g/mol. The summed E-state index contributed by atoms with van der Waals surface area (Å²) in [6.45, 7) is 4.81. The summed E-state index contributed by atoms with van der Waals surface area (Å²) in [6.07, 6.45) is -1.31. The van der Waals surface area contributed by atoms with E-state index in [9.17, 15) is 23.1 Å². The SMILES string of the molecule is O=C(O[C@H]1C[N+]2(CCCOc3ccccc3)CCC1CC2)C(O)(CCc1ccccc1)c1cccs1.O=C([O-])C(F)(F)F. The first-order valence-corrected chi connectivity index (χ1v) is 15.2. The van der Waals surface area contributed by atoms with Crippen molar-refractivity contribution < 1.29 is 46.9 Å². The van der Waals surface area contributed by atoms with E-state index in [2.05, 4.69) is 0 Å². The van der Waals surface area contributed by atoms with Gasteiger partial charge in [-0.3, -0.25) is 0 Å². The summed E-state index contributed by atoms with van der Waals surface area (Å²) in [7, 11) is 0. The Morgan fingerprint density at radius 2 is 1.60 bits per heavy atom. The van der Waals surface area contributed by atoms with Crippen molar-refractivity contribution >= 4 is 23.3 Å². The number of carboxylic acids is 1. The van der Waals surface area contributed by atoms with Crippen molar-refractivity contribution in [3.8, 4) is 5.75 Å². The lowest BCUT2D eigenvalue weighted by Crippen LogP contribution is -2.65. The maximum atomic E-state index is 13.6. The van der Waals surface area contributed by atoms with Crippen molar-refractivity contribution in [3.05, 3.63) is 88.6 Å². The summed E-state index contributed by atoms with van der Waals surface area (Å²) in [5.74, 6) is -2.21. The van der Waals surface area contributed by atoms with Gasteiger partial charge >= 0.3 is 12.1 Å². The number of fused-ring (bicyclic) bond motifs is 3. The van der Waals surface area contributed by atoms with Crippen LogP contribution in [0.4, 0.5) is 13.2 Å². The molecular weight excluding hydrogens is 583 g/mol. The summed E-state index contributed by atoms with van der Waals surface area (Å²) >= 11 is 1.41. The molecule has 11 heteroatoms. The molecule has 3 saturated heterocycles. The van der Waals surface area contributed by atoms with Crippen molar-refractivity contribution in [2.24, 2.45) is 5.92 Å². The molecule has 2 aromatic carbocycles. The highest BCUT2D eigenvalue weighted by Crippen LogP contribution is 2.38. The maximum absolute atomic E-state index is 13.6. The van der Waals surface area contributed by atoms with Crippen LogP contribution >= 0.6 is 11.3 Å². The standard InChI is InChI=1S/C30H36NO4S.C2HF3O2/c32-29(30(33,28-13-7-22-36-28)17-14-24-9-3-1-4-10-24)35-27-23-31(19-15-25(27)16-20-31)18-8-21-34-26-11-5-2-6-12-26;3-2(4,5)1(6)7/h1-7,9-13,22,25,27,33H,8,14-21,23H2;(H,6,7)/q+1;/p-1/t25?,27-,30?,31?;/m0./s1. The predicted molar refractivity (Wildman–Crippen MR) is 153 cm³/mol. The average Bonchev–Trinajstić information content (AvgIpc) is 3.56. The van der Waals surface area contributed by atoms with Crippen LogP contribution in [0, 0.1) is 5.92 Å². The number of aliphatic carboxylic acids is 1. The van der Waals surface area contributed by atoms with E-state index in [1.165, 1.54) is 11.3 Å². The van der Waals surface area contributed by atoms with Gasteiger partial charge in [0.05, 0.1) is 26.2 Å². The van der Waals surface area contributed by atoms with Gasteiger partial charge in [-0.15, -0.1) is 11.3 Å². The van der Waals surface area contributed by atoms with Crippen LogP contribution in [0.3, 0.4) is 0 Å². The second-order valence-electron chi connectivity index (χ2n) is 11.1. The number of ether oxygens (including phenoxy) is 2. The molecule has 43 heavy (non-hydrogen) atoms. The molecule has 1 aromatic heterocycles. The van der Waals surface area contributed by atoms with Crippen LogP contribution in [0.1, 0.15) is 36.1 Å². The molecular formula is C32H36F3NO6S. The third kappa shape index (κ3) is 8.81. The number of aryl methyl sites for hydroxylation is 1. The van der Waals surface area contributed by atoms with E-state index < -0.39 is 23.7 Å². The third-order valence-electron chi connectivity index (χ3n) is 8.20. The van der Waals surface area contributed by atoms with Gasteiger partial charge in [0.2, 0.25) is 0 Å². The number of nitrogens with zero attached hydrogens (tertiary/aromatic N) is 1. The fourth-order valence-electron chi connectivity index (χ4n) is 5.82. The number of para-hydroxylation sites is 1. The van der Waals surface area contributed by atoms with Gasteiger partial charge in [-0.1, -0.05) is 54.6 Å². The van der Waals surface area contributed by atoms with Gasteiger partial charge < -0.3 is 29.0 Å². The second kappa shape index (κ2) is 14.4. The first-order valence-electron chi connectivity index (χ1n) is 14.3. The number of halogens is 3. The van der Waals surface area contributed by atoms with Crippen LogP contribution in [-0.4, -0.2) is 66.6 Å². The Balaban J connectivity index is 0.000000541. The molecule has 3 aromatic rings. The van der Waals surface area contributed by atoms with E-state index in [-0.39, 0.29) is 6.10 Å². The zero-order valence-electron chi connectivity index (χ0n) is 23.7. The number of aliphatic hydroxyl groups is 1. The third-order valence-corrected chi connectivity index (χ3v) is 9.23. The molecule has 3 fully saturated rings. The molecule has 4 heterocycles. The fraction of sp³-hybridized carbons (Fsp3) is 0.438. The first kappa shape index (κ1) is 32.5. The summed E-state index contributed by atoms with van der Waals surface area (Å²) in [4.78, 5) is 23.0. The van der Waals surface area contributed by atoms with Crippen LogP contribution < -0.4 is 9.84 Å². The van der Waals surface area contributed by atoms with E-state index >= 15 is 0 Å². The molecule has 1 N–H and O–H groups in total. The minimum absolute atomic E-state index is 0.141. The van der Waals surface area contributed by atoms with Crippen LogP contribution in [0.25, 0.3) is 0 Å². The summed E-state index contributed by atoms with van der Waals surface area (Å²) < 4.78 is 44.6. The minimum Gasteiger partial charge on any atom is -0.542 e. The Labute approximate surface area is 253 Å². The molecule has 232 valence electrons. The highest BCUT2D eigenvalue weighted by molar-refractivity contribution is 7.10. The lowest BCUT2D eigenvalue weighted by atomic mass is 9.82. The van der Waals surface area contributed by atoms with Crippen LogP contribution in [0.5, 0.6) is 5.75 Å². The number of carboxylic acid groups (broad SMARTS) is 1. The van der Waals surface area contributed by atoms with E-state index in [1.807, 2.05) is 78.2 Å². The van der Waals surface area contributed by atoms with E-state index in [1.54, 1.807) is 0 Å². The molecule has 0 spiro atoms. The molecule has 0 aliphatic carbocycles. The van der Waals surface area contributed by atoms with Crippen molar-refractivity contribution in [2.45, 2.75) is 50.0 Å². The Bertz CT molecular complexity index is 1300. The number of rotatable bonds is 11. The quantitative estimate of drug-likeness (QED) is 0.193. The van der Waals surface area contributed by atoms with Crippen LogP contribution in [0.15, 0.2) is 78.2 Å². The minimum atomic E-state index is -5.19. The molecule has 7 nitrogen and oxygen atoms in total. The molecule has 3 aliphatic rings. The molecule has 6 rings (SSSR count). The van der Waals surface area contributed by atoms with E-state index in [0.29, 0.717) is 30.2 Å². The average molecular weight is 620 g/mol. The number of carbonyl (C=O) groups is 2. The van der Waals surface area contributed by atoms with Crippen molar-refractivity contribution in [1.29, 1.82) is 0 Å². The molecule has 0 radical (unpaired) electrons. The molecule has 2 atom stereocenters. The zero-order chi connectivity index (χ0) is 30.9. The molecule has 0 amide bonds. The number of thiophene rings is 1. The smallest absolute Gasteiger partial charge is 0.430 e. The van der Waals surface area contributed by atoms with Crippen LogP contribution in [-0.2, 0) is 26.3 Å². The Hall–Kier alpha value is -3.41. The molecule has 2 bridgehead atoms. The number of esters is 1. The molecule has 3 aliphatic heterocycles. The first-order chi connectivity index (χ1) is 20.5. The van der Waals surface area contributed by atoms with Gasteiger partial charge in [0.25, 0.3) is 0 Å². The Kier molecular flexibility index (Phi) is 10.9. The number of piperidine rings is 3. The number of alkyl halides is 3. The Morgan fingerprint density at radius 3 is 2.19 bits per heavy atom. The fourth-order valence-corrected chi connectivity index (χ4v) is 6.66. The second-order valence-corrected chi connectivity index (χ2v) is 12.0. The zero-order valence-corrected chi connectivity index (χ0v) is 24.5. The number of carbonyl (C=O) groups excluding carboxylic acids is 2. The summed E-state index contributed by atoms with van der Waals surface area (Å²) in [5.41, 5.74) is -0.518. The predicted octanol–water partition coefficient (Wildman–Crippen LogP) is 4.49. The largest absolute Gasteiger partial charge is 0.542 e. The van der Waals surface area contributed by atoms with E-state index in [4.69, 9.17) is 19.4 Å². The van der Waals surface area contributed by atoms with Crippen LogP contribution in [0.2, 0.25) is 0 Å². The van der Waals surface area contributed by atoms with Crippen molar-refractivity contribution in [1.82, 2.24) is 0 Å². The van der Waals surface area contributed by atoms with Gasteiger partial charge in [-0.05, 0) is 42.0 Å². The lowest BCUT2D eigenvalue weighted by Gasteiger charge is -2.52. The van der Waals surface area contributed by atoms with Gasteiger partial charge in [-0.25, -0.2) is 4.79 Å². The number of quaternary nitrogens is 1. The molecule has 0 saturated carbocycles. The van der Waals surface area contributed by atoms with Crippen molar-refractivity contribution in [3.63, 3.8) is 0 Å². The van der Waals surface area contributed by atoms with Gasteiger partial charge in [0.1, 0.15) is 18.3 Å². The van der Waals surface area contributed by atoms with Crippen molar-refractivity contribution in [2.75, 3.05) is 32.8 Å². The number of hydrogen-bond acceptors (Lipinski definition) is 7. The van der Waals surface area contributed by atoms with Gasteiger partial charge in [0.15, 0.2) is 11.7 Å². The molecule has 1 unspecified atom stereocenters. The number of hydrogen-bond donors (Lipinski definition) is 1. The summed E-state index contributed by atoms with van der Waals surface area (Å²) in [5, 5.41) is 22.4. The topological polar surface area (TPSA) is 95.9 Å². The lowest BCUT2D eigenvalue weighted by molar-refractivity contribution is -0.946. The highest BCUT2D eigenvalue weighted by atomic mass is 32.1.